The van der Waals surface area contributed by atoms with Crippen LogP contribution in [-0.4, -0.2) is 27.5 Å². The second-order valence-corrected chi connectivity index (χ2v) is 7.57. The summed E-state index contributed by atoms with van der Waals surface area (Å²) in [5, 5.41) is 6.52. The third-order valence-electron chi connectivity index (χ3n) is 4.63. The average Bonchev–Trinajstić information content (AvgIpc) is 3.37. The van der Waals surface area contributed by atoms with Gasteiger partial charge in [0.05, 0.1) is 5.69 Å². The molecule has 2 heterocycles. The number of carbonyl (C=O) groups is 2. The molecule has 4 rings (SSSR count). The largest absolute Gasteiger partial charge is 0.435 e. The fraction of sp³-hybridized carbons (Fsp3) is 0.350. The van der Waals surface area contributed by atoms with E-state index < -0.39 is 29.6 Å². The van der Waals surface area contributed by atoms with Gasteiger partial charge in [-0.25, -0.2) is 14.3 Å². The molecule has 1 aliphatic carbocycles. The van der Waals surface area contributed by atoms with E-state index in [1.54, 1.807) is 24.3 Å². The van der Waals surface area contributed by atoms with Crippen molar-refractivity contribution in [2.24, 2.45) is 0 Å². The van der Waals surface area contributed by atoms with E-state index >= 15 is 0 Å². The van der Waals surface area contributed by atoms with Crippen molar-refractivity contribution >= 4 is 17.6 Å². The van der Waals surface area contributed by atoms with Crippen molar-refractivity contribution < 1.29 is 32.2 Å². The third-order valence-corrected chi connectivity index (χ3v) is 4.63. The summed E-state index contributed by atoms with van der Waals surface area (Å²) < 4.78 is 50.5. The molecule has 0 bridgehead atoms. The summed E-state index contributed by atoms with van der Waals surface area (Å²) in [4.78, 5) is 23.9. The Bertz CT molecular complexity index is 1010. The fourth-order valence-electron chi connectivity index (χ4n) is 3.04. The van der Waals surface area contributed by atoms with Crippen LogP contribution in [0.1, 0.15) is 44.0 Å². The van der Waals surface area contributed by atoms with Gasteiger partial charge >= 0.3 is 18.1 Å². The summed E-state index contributed by atoms with van der Waals surface area (Å²) in [6.07, 6.45) is -1.68. The lowest BCUT2D eigenvalue weighted by atomic mass is 10.2. The van der Waals surface area contributed by atoms with Crippen molar-refractivity contribution in [2.75, 3.05) is 5.32 Å². The first-order valence-corrected chi connectivity index (χ1v) is 9.24. The molecule has 0 spiro atoms. The van der Waals surface area contributed by atoms with E-state index in [0.29, 0.717) is 17.1 Å². The Morgan fingerprint density at radius 2 is 1.73 bits per heavy atom. The highest BCUT2D eigenvalue weighted by Gasteiger charge is 2.39. The van der Waals surface area contributed by atoms with Gasteiger partial charge in [0.2, 0.25) is 0 Å². The zero-order valence-electron chi connectivity index (χ0n) is 16.1. The van der Waals surface area contributed by atoms with Gasteiger partial charge < -0.3 is 14.8 Å². The molecule has 2 aromatic rings. The fourth-order valence-corrected chi connectivity index (χ4v) is 3.04. The summed E-state index contributed by atoms with van der Waals surface area (Å²) in [6, 6.07) is 7.49. The van der Waals surface area contributed by atoms with Gasteiger partial charge in [-0.3, -0.25) is 0 Å². The summed E-state index contributed by atoms with van der Waals surface area (Å²) in [6.45, 7) is 2.89. The lowest BCUT2D eigenvalue weighted by molar-refractivity contribution is -0.222. The molecular weight excluding hydrogens is 403 g/mol. The molecule has 0 atom stereocenters. The Labute approximate surface area is 169 Å². The first-order valence-electron chi connectivity index (χ1n) is 9.24. The second-order valence-electron chi connectivity index (χ2n) is 7.57. The number of nitrogens with zero attached hydrogens (tertiary/aromatic N) is 2. The number of benzene rings is 1. The molecule has 1 aromatic heterocycles. The van der Waals surface area contributed by atoms with Gasteiger partial charge in [-0.15, -0.1) is 0 Å². The summed E-state index contributed by atoms with van der Waals surface area (Å²) in [7, 11) is 0. The van der Waals surface area contributed by atoms with E-state index in [0.717, 1.165) is 18.9 Å². The van der Waals surface area contributed by atoms with Gasteiger partial charge in [0.1, 0.15) is 0 Å². The number of ether oxygens (including phenoxy) is 2. The quantitative estimate of drug-likeness (QED) is 0.458. The Hall–Kier alpha value is -3.30. The maximum atomic E-state index is 13.1. The number of esters is 2. The molecule has 158 valence electrons. The number of nitrogens with one attached hydrogen (secondary N) is 1. The van der Waals surface area contributed by atoms with Crippen LogP contribution in [0, 0.1) is 0 Å². The Morgan fingerprint density at radius 1 is 1.13 bits per heavy atom. The Balaban J connectivity index is 1.54. The van der Waals surface area contributed by atoms with Crippen LogP contribution in [0.15, 0.2) is 42.1 Å². The molecule has 1 saturated carbocycles. The number of rotatable bonds is 4. The minimum absolute atomic E-state index is 0.0729. The highest BCUT2D eigenvalue weighted by molar-refractivity contribution is 6.15. The van der Waals surface area contributed by atoms with Crippen molar-refractivity contribution in [1.82, 2.24) is 9.78 Å². The first kappa shape index (κ1) is 20.0. The van der Waals surface area contributed by atoms with Crippen LogP contribution in [0.3, 0.4) is 0 Å². The number of carbonyl (C=O) groups excluding carboxylic acids is 2. The molecule has 10 heteroatoms. The molecule has 1 aliphatic heterocycles. The number of hydrogen-bond acceptors (Lipinski definition) is 6. The molecule has 2 aliphatic rings. The molecule has 0 unspecified atom stereocenters. The molecule has 1 N–H and O–H groups in total. The van der Waals surface area contributed by atoms with Crippen molar-refractivity contribution in [2.45, 2.75) is 44.6 Å². The van der Waals surface area contributed by atoms with E-state index in [1.807, 2.05) is 0 Å². The maximum Gasteiger partial charge on any atom is 0.435 e. The van der Waals surface area contributed by atoms with Gasteiger partial charge in [-0.2, -0.15) is 18.3 Å². The molecule has 2 fully saturated rings. The molecule has 30 heavy (non-hydrogen) atoms. The monoisotopic (exact) mass is 421 g/mol. The summed E-state index contributed by atoms with van der Waals surface area (Å²) in [5.74, 6) is -2.88. The summed E-state index contributed by atoms with van der Waals surface area (Å²) >= 11 is 0. The number of halogens is 3. The number of alkyl halides is 3. The van der Waals surface area contributed by atoms with Gasteiger partial charge in [0, 0.05) is 37.3 Å². The Kier molecular flexibility index (Phi) is 4.59. The third kappa shape index (κ3) is 4.03. The minimum atomic E-state index is -4.51. The van der Waals surface area contributed by atoms with Crippen LogP contribution in [0.25, 0.3) is 5.69 Å². The van der Waals surface area contributed by atoms with Crippen molar-refractivity contribution in [1.29, 1.82) is 0 Å². The standard InChI is InChI=1S/C20H18F3N3O4/c1-19(2)29-17(27)14(18(28)30-19)10-24-12-5-7-13(8-6-12)26-15(11-3-4-11)9-16(25-26)20(21,22)23/h5-11,24H,3-4H2,1-2H3. The predicted molar refractivity (Wildman–Crippen MR) is 98.5 cm³/mol. The van der Waals surface area contributed by atoms with Crippen LogP contribution in [-0.2, 0) is 25.2 Å². The van der Waals surface area contributed by atoms with Crippen LogP contribution >= 0.6 is 0 Å². The summed E-state index contributed by atoms with van der Waals surface area (Å²) in [5.41, 5.74) is 0.294. The zero-order valence-corrected chi connectivity index (χ0v) is 16.1. The smallest absolute Gasteiger partial charge is 0.419 e. The molecule has 7 nitrogen and oxygen atoms in total. The van der Waals surface area contributed by atoms with E-state index in [9.17, 15) is 22.8 Å². The van der Waals surface area contributed by atoms with E-state index in [4.69, 9.17) is 9.47 Å². The van der Waals surface area contributed by atoms with E-state index in [-0.39, 0.29) is 11.5 Å². The van der Waals surface area contributed by atoms with Crippen LogP contribution in [0.2, 0.25) is 0 Å². The van der Waals surface area contributed by atoms with Gasteiger partial charge in [-0.1, -0.05) is 0 Å². The Morgan fingerprint density at radius 3 is 2.27 bits per heavy atom. The van der Waals surface area contributed by atoms with Gasteiger partial charge in [0.15, 0.2) is 11.3 Å². The number of hydrogen-bond donors (Lipinski definition) is 1. The maximum absolute atomic E-state index is 13.1. The van der Waals surface area contributed by atoms with Crippen LogP contribution < -0.4 is 5.32 Å². The highest BCUT2D eigenvalue weighted by Crippen LogP contribution is 2.43. The molecule has 1 aromatic carbocycles. The molecule has 0 radical (unpaired) electrons. The lowest BCUT2D eigenvalue weighted by Crippen LogP contribution is -2.42. The average molecular weight is 421 g/mol. The number of aromatic nitrogens is 2. The minimum Gasteiger partial charge on any atom is -0.419 e. The highest BCUT2D eigenvalue weighted by atomic mass is 19.4. The van der Waals surface area contributed by atoms with Crippen molar-refractivity contribution in [3.05, 3.63) is 53.5 Å². The normalized spacial score (nSPS) is 18.6. The van der Waals surface area contributed by atoms with Crippen LogP contribution in [0.5, 0.6) is 0 Å². The topological polar surface area (TPSA) is 82.5 Å². The molecule has 1 saturated heterocycles. The van der Waals surface area contributed by atoms with E-state index in [1.165, 1.54) is 24.7 Å². The van der Waals surface area contributed by atoms with Crippen molar-refractivity contribution in [3.8, 4) is 5.69 Å². The molecular formula is C20H18F3N3O4. The predicted octanol–water partition coefficient (Wildman–Crippen LogP) is 3.90. The van der Waals surface area contributed by atoms with E-state index in [2.05, 4.69) is 10.4 Å². The molecule has 0 amide bonds. The van der Waals surface area contributed by atoms with Gasteiger partial charge in [-0.05, 0) is 43.2 Å². The van der Waals surface area contributed by atoms with Crippen LogP contribution in [0.4, 0.5) is 18.9 Å². The number of anilines is 1. The second kappa shape index (κ2) is 6.89. The number of cyclic esters (lactones) is 2. The lowest BCUT2D eigenvalue weighted by Gasteiger charge is -2.29. The zero-order chi connectivity index (χ0) is 21.7. The first-order chi connectivity index (χ1) is 14.0. The van der Waals surface area contributed by atoms with Gasteiger partial charge in [0.25, 0.3) is 5.79 Å². The van der Waals surface area contributed by atoms with Crippen molar-refractivity contribution in [3.63, 3.8) is 0 Å². The SMILES string of the molecule is CC1(C)OC(=O)C(=CNc2ccc(-n3nc(C(F)(F)F)cc3C3CC3)cc2)C(=O)O1.